The van der Waals surface area contributed by atoms with E-state index in [0.717, 1.165) is 24.2 Å². The summed E-state index contributed by atoms with van der Waals surface area (Å²) >= 11 is 0. The molecule has 2 atom stereocenters. The van der Waals surface area contributed by atoms with E-state index in [1.165, 1.54) is 23.3 Å². The molecule has 25 heavy (non-hydrogen) atoms. The Kier molecular flexibility index (Phi) is 5.09. The number of likely N-dealkylation sites (N-methyl/N-ethyl adjacent to an activating group) is 1. The molecule has 6 heteroatoms. The Bertz CT molecular complexity index is 774. The number of nitrogens with zero attached hydrogens (tertiary/aromatic N) is 1. The fraction of sp³-hybridized carbons (Fsp3) is 0.316. The van der Waals surface area contributed by atoms with E-state index < -0.39 is 4.92 Å². The molecule has 6 nitrogen and oxygen atoms in total. The number of amides is 1. The van der Waals surface area contributed by atoms with Crippen LogP contribution >= 0.6 is 0 Å². The first-order valence-electron chi connectivity index (χ1n) is 8.49. The predicted molar refractivity (Wildman–Crippen MR) is 95.6 cm³/mol. The van der Waals surface area contributed by atoms with Crippen molar-refractivity contribution in [3.63, 3.8) is 0 Å². The van der Waals surface area contributed by atoms with Gasteiger partial charge in [-0.1, -0.05) is 24.3 Å². The molecule has 0 radical (unpaired) electrons. The standard InChI is InChI=1S/C19H21N3O3/c1-21(18-8-4-6-14-5-2-3-7-17(14)18)13-19(23)20-15-9-11-16(12-10-15)22(24)25/h2-3,5,7,9-12,18H,4,6,8,13H2,1H3,(H,20,23)/p+1/t18-/m1/s1. The van der Waals surface area contributed by atoms with Crippen molar-refractivity contribution in [2.45, 2.75) is 25.3 Å². The van der Waals surface area contributed by atoms with Gasteiger partial charge in [0, 0.05) is 29.8 Å². The zero-order chi connectivity index (χ0) is 17.8. The summed E-state index contributed by atoms with van der Waals surface area (Å²) in [5.74, 6) is -0.0885. The summed E-state index contributed by atoms with van der Waals surface area (Å²) in [5.41, 5.74) is 3.32. The molecule has 0 fully saturated rings. The minimum Gasteiger partial charge on any atom is -0.323 e. The number of fused-ring (bicyclic) bond motifs is 1. The molecule has 2 aromatic carbocycles. The third kappa shape index (κ3) is 4.03. The molecule has 2 aromatic rings. The number of non-ortho nitro benzene ring substituents is 1. The molecular formula is C19H22N3O3+. The van der Waals surface area contributed by atoms with E-state index in [2.05, 4.69) is 29.6 Å². The highest BCUT2D eigenvalue weighted by atomic mass is 16.6. The minimum atomic E-state index is -0.454. The van der Waals surface area contributed by atoms with E-state index in [0.29, 0.717) is 18.3 Å². The Morgan fingerprint density at radius 3 is 2.68 bits per heavy atom. The van der Waals surface area contributed by atoms with Gasteiger partial charge in [-0.15, -0.1) is 0 Å². The number of nitro groups is 1. The highest BCUT2D eigenvalue weighted by molar-refractivity contribution is 5.91. The number of nitrogens with one attached hydrogen (secondary N) is 2. The van der Waals surface area contributed by atoms with Crippen LogP contribution in [0.3, 0.4) is 0 Å². The molecule has 0 bridgehead atoms. The maximum atomic E-state index is 12.3. The normalized spacial score (nSPS) is 17.4. The Hall–Kier alpha value is -2.73. The zero-order valence-corrected chi connectivity index (χ0v) is 14.2. The van der Waals surface area contributed by atoms with Gasteiger partial charge in [-0.05, 0) is 30.5 Å². The zero-order valence-electron chi connectivity index (χ0n) is 14.2. The summed E-state index contributed by atoms with van der Waals surface area (Å²) in [4.78, 5) is 23.7. The van der Waals surface area contributed by atoms with Gasteiger partial charge < -0.3 is 10.2 Å². The van der Waals surface area contributed by atoms with Crippen LogP contribution in [0.2, 0.25) is 0 Å². The van der Waals surface area contributed by atoms with Gasteiger partial charge in [0.1, 0.15) is 6.04 Å². The third-order valence-corrected chi connectivity index (χ3v) is 4.77. The van der Waals surface area contributed by atoms with Crippen LogP contribution < -0.4 is 10.2 Å². The van der Waals surface area contributed by atoms with Crippen molar-refractivity contribution >= 4 is 17.3 Å². The molecule has 0 saturated heterocycles. The molecule has 0 aromatic heterocycles. The third-order valence-electron chi connectivity index (χ3n) is 4.77. The topological polar surface area (TPSA) is 76.7 Å². The monoisotopic (exact) mass is 340 g/mol. The van der Waals surface area contributed by atoms with Crippen molar-refractivity contribution in [1.82, 2.24) is 0 Å². The Morgan fingerprint density at radius 2 is 1.96 bits per heavy atom. The quantitative estimate of drug-likeness (QED) is 0.647. The number of benzene rings is 2. The second-order valence-corrected chi connectivity index (χ2v) is 6.52. The summed E-state index contributed by atoms with van der Waals surface area (Å²) in [7, 11) is 2.04. The Labute approximate surface area is 146 Å². The number of carbonyl (C=O) groups is 1. The van der Waals surface area contributed by atoms with Gasteiger partial charge in [0.15, 0.2) is 6.54 Å². The van der Waals surface area contributed by atoms with E-state index >= 15 is 0 Å². The lowest BCUT2D eigenvalue weighted by Gasteiger charge is -2.30. The Balaban J connectivity index is 1.62. The minimum absolute atomic E-state index is 0.0135. The number of hydrogen-bond donors (Lipinski definition) is 2. The van der Waals surface area contributed by atoms with E-state index in [1.807, 2.05) is 7.05 Å². The molecule has 2 N–H and O–H groups in total. The molecule has 0 saturated carbocycles. The number of quaternary nitrogens is 1. The smallest absolute Gasteiger partial charge is 0.279 e. The molecule has 0 aliphatic heterocycles. The van der Waals surface area contributed by atoms with Crippen molar-refractivity contribution < 1.29 is 14.6 Å². The van der Waals surface area contributed by atoms with Gasteiger partial charge in [-0.25, -0.2) is 0 Å². The lowest BCUT2D eigenvalue weighted by atomic mass is 9.87. The van der Waals surface area contributed by atoms with Crippen molar-refractivity contribution in [2.75, 3.05) is 18.9 Å². The van der Waals surface area contributed by atoms with E-state index in [-0.39, 0.29) is 11.6 Å². The van der Waals surface area contributed by atoms with Crippen LogP contribution in [-0.2, 0) is 11.2 Å². The number of rotatable bonds is 5. The van der Waals surface area contributed by atoms with E-state index in [4.69, 9.17) is 0 Å². The van der Waals surface area contributed by atoms with Crippen molar-refractivity contribution in [3.05, 3.63) is 69.8 Å². The maximum Gasteiger partial charge on any atom is 0.279 e. The molecule has 1 aliphatic rings. The van der Waals surface area contributed by atoms with Gasteiger partial charge in [0.2, 0.25) is 0 Å². The van der Waals surface area contributed by atoms with Gasteiger partial charge in [-0.2, -0.15) is 0 Å². The molecule has 3 rings (SSSR count). The molecule has 130 valence electrons. The van der Waals surface area contributed by atoms with Gasteiger partial charge in [-0.3, -0.25) is 14.9 Å². The van der Waals surface area contributed by atoms with Crippen molar-refractivity contribution in [3.8, 4) is 0 Å². The summed E-state index contributed by atoms with van der Waals surface area (Å²) in [6, 6.07) is 14.7. The highest BCUT2D eigenvalue weighted by Gasteiger charge is 2.27. The number of aryl methyl sites for hydroxylation is 1. The lowest BCUT2D eigenvalue weighted by molar-refractivity contribution is -0.905. The van der Waals surface area contributed by atoms with Crippen LogP contribution in [0.5, 0.6) is 0 Å². The largest absolute Gasteiger partial charge is 0.323 e. The molecule has 1 amide bonds. The summed E-state index contributed by atoms with van der Waals surface area (Å²) in [6.45, 7) is 0.357. The fourth-order valence-corrected chi connectivity index (χ4v) is 3.51. The molecule has 1 aliphatic carbocycles. The van der Waals surface area contributed by atoms with Gasteiger partial charge in [0.05, 0.1) is 12.0 Å². The Morgan fingerprint density at radius 1 is 1.24 bits per heavy atom. The fourth-order valence-electron chi connectivity index (χ4n) is 3.51. The number of nitro benzene ring substituents is 1. The first-order chi connectivity index (χ1) is 12.0. The SMILES string of the molecule is C[NH+](CC(=O)Nc1ccc([N+](=O)[O-])cc1)[C@@H]1CCCc2ccccc21. The summed E-state index contributed by atoms with van der Waals surface area (Å²) in [6.07, 6.45) is 3.32. The van der Waals surface area contributed by atoms with Crippen LogP contribution in [0.25, 0.3) is 0 Å². The molecule has 1 unspecified atom stereocenters. The van der Waals surface area contributed by atoms with Crippen molar-refractivity contribution in [2.24, 2.45) is 0 Å². The second-order valence-electron chi connectivity index (χ2n) is 6.52. The first kappa shape index (κ1) is 17.1. The van der Waals surface area contributed by atoms with Crippen LogP contribution in [0.1, 0.15) is 30.0 Å². The van der Waals surface area contributed by atoms with E-state index in [1.54, 1.807) is 12.1 Å². The van der Waals surface area contributed by atoms with Crippen LogP contribution in [0, 0.1) is 10.1 Å². The lowest BCUT2D eigenvalue weighted by Crippen LogP contribution is -3.10. The average molecular weight is 340 g/mol. The van der Waals surface area contributed by atoms with Crippen LogP contribution in [0.15, 0.2) is 48.5 Å². The molecule has 0 spiro atoms. The summed E-state index contributed by atoms with van der Waals surface area (Å²) < 4.78 is 0. The van der Waals surface area contributed by atoms with E-state index in [9.17, 15) is 14.9 Å². The van der Waals surface area contributed by atoms with Gasteiger partial charge >= 0.3 is 0 Å². The molecule has 0 heterocycles. The maximum absolute atomic E-state index is 12.3. The van der Waals surface area contributed by atoms with Crippen LogP contribution in [0.4, 0.5) is 11.4 Å². The number of anilines is 1. The second kappa shape index (κ2) is 7.44. The predicted octanol–water partition coefficient (Wildman–Crippen LogP) is 2.13. The average Bonchev–Trinajstić information content (AvgIpc) is 2.61. The van der Waals surface area contributed by atoms with Gasteiger partial charge in [0.25, 0.3) is 11.6 Å². The number of carbonyl (C=O) groups excluding carboxylic acids is 1. The first-order valence-corrected chi connectivity index (χ1v) is 8.49. The summed E-state index contributed by atoms with van der Waals surface area (Å²) in [5, 5.41) is 13.5. The van der Waals surface area contributed by atoms with Crippen LogP contribution in [-0.4, -0.2) is 24.4 Å². The van der Waals surface area contributed by atoms with Crippen molar-refractivity contribution in [1.29, 1.82) is 0 Å². The highest BCUT2D eigenvalue weighted by Crippen LogP contribution is 2.27. The molecular weight excluding hydrogens is 318 g/mol. The number of hydrogen-bond acceptors (Lipinski definition) is 3.